The van der Waals surface area contributed by atoms with Crippen LogP contribution in [0.2, 0.25) is 0 Å². The number of hydrogen-bond acceptors (Lipinski definition) is 6. The molecule has 3 aromatic rings. The molecular weight excluding hydrogens is 502 g/mol. The molecule has 1 aliphatic rings. The number of aromatic nitrogens is 1. The summed E-state index contributed by atoms with van der Waals surface area (Å²) in [4.78, 5) is 37.5. The molecule has 1 N–H and O–H groups in total. The number of allylic oxidation sites excluding steroid dienone is 3. The van der Waals surface area contributed by atoms with Gasteiger partial charge in [0, 0.05) is 48.5 Å². The van der Waals surface area contributed by atoms with Crippen LogP contribution in [0.1, 0.15) is 24.2 Å². The van der Waals surface area contributed by atoms with Gasteiger partial charge in [0.2, 0.25) is 0 Å². The third-order valence-electron chi connectivity index (χ3n) is 6.28. The molecule has 0 aliphatic carbocycles. The van der Waals surface area contributed by atoms with Crippen LogP contribution in [0.4, 0.5) is 5.69 Å². The van der Waals surface area contributed by atoms with Gasteiger partial charge in [0.25, 0.3) is 21.8 Å². The molecule has 0 unspecified atom stereocenters. The zero-order valence-electron chi connectivity index (χ0n) is 21.2. The molecule has 0 bridgehead atoms. The summed E-state index contributed by atoms with van der Waals surface area (Å²) in [7, 11) is -3.90. The summed E-state index contributed by atoms with van der Waals surface area (Å²) in [6.45, 7) is 8.31. The zero-order chi connectivity index (χ0) is 27.3. The van der Waals surface area contributed by atoms with Crippen molar-refractivity contribution in [3.8, 4) is 0 Å². The van der Waals surface area contributed by atoms with Gasteiger partial charge in [0.15, 0.2) is 0 Å². The topological polar surface area (TPSA) is 112 Å². The molecule has 1 saturated heterocycles. The third-order valence-corrected chi connectivity index (χ3v) is 7.69. The third kappa shape index (κ3) is 5.65. The van der Waals surface area contributed by atoms with Crippen LogP contribution in [-0.4, -0.2) is 67.4 Å². The maximum Gasteiger partial charge on any atom is 0.272 e. The van der Waals surface area contributed by atoms with Gasteiger partial charge in [-0.15, -0.1) is 0 Å². The number of carbonyl (C=O) groups is 2. The fourth-order valence-electron chi connectivity index (χ4n) is 4.34. The first-order chi connectivity index (χ1) is 18.2. The fourth-order valence-corrected chi connectivity index (χ4v) is 5.58. The maximum atomic E-state index is 13.1. The SMILES string of the molecule is C=N/C(=C\C=C/C)C(=O)N1CCN(C(=O)c2ccc(NS(=O)(=O)c3cccc4cccnc34)cc2)C[C@@H]1C. The normalized spacial score (nSPS) is 16.6. The molecule has 2 aromatic carbocycles. The van der Waals surface area contributed by atoms with Crippen molar-refractivity contribution in [2.24, 2.45) is 4.99 Å². The van der Waals surface area contributed by atoms with Crippen molar-refractivity contribution in [2.75, 3.05) is 24.4 Å². The molecule has 1 fully saturated rings. The molecule has 9 nitrogen and oxygen atoms in total. The van der Waals surface area contributed by atoms with E-state index in [1.54, 1.807) is 82.8 Å². The first kappa shape index (κ1) is 26.7. The number of sulfonamides is 1. The lowest BCUT2D eigenvalue weighted by atomic mass is 10.1. The number of amides is 2. The number of hydrogen-bond donors (Lipinski definition) is 1. The van der Waals surface area contributed by atoms with Crippen LogP contribution in [-0.2, 0) is 14.8 Å². The van der Waals surface area contributed by atoms with E-state index in [2.05, 4.69) is 21.4 Å². The van der Waals surface area contributed by atoms with Gasteiger partial charge >= 0.3 is 0 Å². The number of benzene rings is 2. The predicted octanol–water partition coefficient (Wildman–Crippen LogP) is 3.87. The molecule has 0 saturated carbocycles. The second-order valence-corrected chi connectivity index (χ2v) is 10.5. The summed E-state index contributed by atoms with van der Waals surface area (Å²) >= 11 is 0. The number of nitrogens with zero attached hydrogens (tertiary/aromatic N) is 4. The molecule has 196 valence electrons. The van der Waals surface area contributed by atoms with Crippen molar-refractivity contribution in [1.29, 1.82) is 0 Å². The first-order valence-corrected chi connectivity index (χ1v) is 13.6. The number of carbonyl (C=O) groups excluding carboxylic acids is 2. The van der Waals surface area contributed by atoms with Gasteiger partial charge in [-0.1, -0.05) is 30.4 Å². The molecule has 1 aliphatic heterocycles. The standard InChI is InChI=1S/C28H29N5O4S/c1-4-5-10-24(29-3)28(35)33-18-17-32(19-20(33)2)27(34)22-12-14-23(15-13-22)31-38(36,37)25-11-6-8-21-9-7-16-30-26(21)25/h4-16,20,31H,3,17-19H2,1-2H3/b5-4-,24-10-/t20-/m0/s1. The molecule has 0 radical (unpaired) electrons. The van der Waals surface area contributed by atoms with Gasteiger partial charge < -0.3 is 9.80 Å². The number of fused-ring (bicyclic) bond motifs is 1. The highest BCUT2D eigenvalue weighted by Crippen LogP contribution is 2.24. The van der Waals surface area contributed by atoms with Crippen molar-refractivity contribution >= 4 is 45.1 Å². The quantitative estimate of drug-likeness (QED) is 0.283. The van der Waals surface area contributed by atoms with Crippen LogP contribution < -0.4 is 4.72 Å². The van der Waals surface area contributed by atoms with Gasteiger partial charge in [0.1, 0.15) is 10.6 Å². The summed E-state index contributed by atoms with van der Waals surface area (Å²) < 4.78 is 28.7. The van der Waals surface area contributed by atoms with Crippen molar-refractivity contribution in [2.45, 2.75) is 24.8 Å². The van der Waals surface area contributed by atoms with E-state index in [-0.39, 0.29) is 28.4 Å². The van der Waals surface area contributed by atoms with Gasteiger partial charge in [-0.3, -0.25) is 24.3 Å². The van der Waals surface area contributed by atoms with Crippen molar-refractivity contribution in [3.63, 3.8) is 0 Å². The van der Waals surface area contributed by atoms with Gasteiger partial charge in [-0.2, -0.15) is 0 Å². The first-order valence-electron chi connectivity index (χ1n) is 12.1. The Hall–Kier alpha value is -4.31. The monoisotopic (exact) mass is 531 g/mol. The molecule has 38 heavy (non-hydrogen) atoms. The van der Waals surface area contributed by atoms with E-state index in [0.717, 1.165) is 5.39 Å². The number of piperazine rings is 1. The number of rotatable bonds is 7. The van der Waals surface area contributed by atoms with E-state index in [9.17, 15) is 18.0 Å². The molecule has 4 rings (SSSR count). The van der Waals surface area contributed by atoms with Crippen molar-refractivity contribution in [1.82, 2.24) is 14.8 Å². The lowest BCUT2D eigenvalue weighted by Crippen LogP contribution is -2.55. The summed E-state index contributed by atoms with van der Waals surface area (Å²) in [5.74, 6) is -0.418. The van der Waals surface area contributed by atoms with Gasteiger partial charge in [-0.05, 0) is 63.0 Å². The number of anilines is 1. The zero-order valence-corrected chi connectivity index (χ0v) is 22.1. The Morgan fingerprint density at radius 3 is 2.53 bits per heavy atom. The number of aliphatic imine (C=N–C) groups is 1. The Morgan fingerprint density at radius 1 is 1.11 bits per heavy atom. The Kier molecular flexibility index (Phi) is 8.02. The highest BCUT2D eigenvalue weighted by molar-refractivity contribution is 7.93. The molecule has 1 atom stereocenters. The van der Waals surface area contributed by atoms with E-state index in [1.165, 1.54) is 6.07 Å². The predicted molar refractivity (Wildman–Crippen MR) is 149 cm³/mol. The van der Waals surface area contributed by atoms with Crippen LogP contribution in [0.25, 0.3) is 10.9 Å². The second-order valence-electron chi connectivity index (χ2n) is 8.85. The number of nitrogens with one attached hydrogen (secondary N) is 1. The lowest BCUT2D eigenvalue weighted by molar-refractivity contribution is -0.131. The Bertz CT molecular complexity index is 1530. The summed E-state index contributed by atoms with van der Waals surface area (Å²) in [6.07, 6.45) is 6.70. The Labute approximate surface area is 222 Å². The highest BCUT2D eigenvalue weighted by atomic mass is 32.2. The average Bonchev–Trinajstić information content (AvgIpc) is 2.92. The van der Waals surface area contributed by atoms with Crippen LogP contribution >= 0.6 is 0 Å². The average molecular weight is 532 g/mol. The van der Waals surface area contributed by atoms with E-state index >= 15 is 0 Å². The molecule has 10 heteroatoms. The second kappa shape index (κ2) is 11.4. The summed E-state index contributed by atoms with van der Waals surface area (Å²) in [5.41, 5.74) is 1.39. The fraction of sp³-hybridized carbons (Fsp3) is 0.214. The molecule has 2 heterocycles. The summed E-state index contributed by atoms with van der Waals surface area (Å²) in [5, 5.41) is 0.721. The Balaban J connectivity index is 1.43. The largest absolute Gasteiger partial charge is 0.335 e. The highest BCUT2D eigenvalue weighted by Gasteiger charge is 2.31. The van der Waals surface area contributed by atoms with Crippen molar-refractivity contribution in [3.05, 3.63) is 90.3 Å². The minimum absolute atomic E-state index is 0.0764. The maximum absolute atomic E-state index is 13.1. The van der Waals surface area contributed by atoms with Crippen LogP contribution in [0.5, 0.6) is 0 Å². The minimum atomic E-state index is -3.90. The summed E-state index contributed by atoms with van der Waals surface area (Å²) in [6, 6.07) is 14.6. The smallest absolute Gasteiger partial charge is 0.272 e. The van der Waals surface area contributed by atoms with Crippen LogP contribution in [0.15, 0.2) is 94.6 Å². The van der Waals surface area contributed by atoms with E-state index < -0.39 is 10.0 Å². The van der Waals surface area contributed by atoms with E-state index in [4.69, 9.17) is 0 Å². The van der Waals surface area contributed by atoms with Crippen LogP contribution in [0, 0.1) is 0 Å². The van der Waals surface area contributed by atoms with Gasteiger partial charge in [0.05, 0.1) is 5.52 Å². The van der Waals surface area contributed by atoms with Gasteiger partial charge in [-0.25, -0.2) is 8.42 Å². The Morgan fingerprint density at radius 2 is 1.84 bits per heavy atom. The number of para-hydroxylation sites is 1. The van der Waals surface area contributed by atoms with E-state index in [1.807, 2.05) is 13.8 Å². The molecular formula is C28H29N5O4S. The van der Waals surface area contributed by atoms with Crippen molar-refractivity contribution < 1.29 is 18.0 Å². The molecule has 2 amide bonds. The minimum Gasteiger partial charge on any atom is -0.335 e. The van der Waals surface area contributed by atoms with Crippen LogP contribution in [0.3, 0.4) is 0 Å². The molecule has 0 spiro atoms. The van der Waals surface area contributed by atoms with E-state index in [0.29, 0.717) is 36.4 Å². The lowest BCUT2D eigenvalue weighted by Gasteiger charge is -2.39. The number of pyridine rings is 1. The molecule has 1 aromatic heterocycles.